The van der Waals surface area contributed by atoms with E-state index in [1.165, 1.54) is 0 Å². The van der Waals surface area contributed by atoms with E-state index in [0.29, 0.717) is 13.0 Å². The van der Waals surface area contributed by atoms with E-state index in [9.17, 15) is 0 Å². The second-order valence-electron chi connectivity index (χ2n) is 3.89. The second-order valence-corrected chi connectivity index (χ2v) is 3.89. The summed E-state index contributed by atoms with van der Waals surface area (Å²) in [5.74, 6) is 0. The number of unbranched alkanes of at least 4 members (excludes halogenated alkanes) is 2. The van der Waals surface area contributed by atoms with Crippen molar-refractivity contribution in [3.63, 3.8) is 0 Å². The molecule has 1 aliphatic heterocycles. The summed E-state index contributed by atoms with van der Waals surface area (Å²) in [7, 11) is 0. The molecule has 92 valence electrons. The molecule has 0 aromatic heterocycles. The fourth-order valence-electron chi connectivity index (χ4n) is 1.60. The molecule has 0 amide bonds. The first-order chi connectivity index (χ1) is 7.93. The van der Waals surface area contributed by atoms with Crippen LogP contribution in [-0.4, -0.2) is 32.7 Å². The molecule has 1 rings (SSSR count). The summed E-state index contributed by atoms with van der Waals surface area (Å²) in [4.78, 5) is 0. The van der Waals surface area contributed by atoms with Gasteiger partial charge in [0.15, 0.2) is 6.29 Å². The van der Waals surface area contributed by atoms with Crippen LogP contribution < -0.4 is 0 Å². The van der Waals surface area contributed by atoms with Crippen LogP contribution in [0.1, 0.15) is 38.5 Å². The molecule has 1 heterocycles. The van der Waals surface area contributed by atoms with E-state index < -0.39 is 0 Å². The highest BCUT2D eigenvalue weighted by Crippen LogP contribution is 2.13. The van der Waals surface area contributed by atoms with Crippen LogP contribution in [0.15, 0.2) is 0 Å². The largest absolute Gasteiger partial charge is 0.380 e. The highest BCUT2D eigenvalue weighted by Gasteiger charge is 2.14. The van der Waals surface area contributed by atoms with E-state index in [-0.39, 0.29) is 6.29 Å². The van der Waals surface area contributed by atoms with Gasteiger partial charge in [-0.2, -0.15) is 5.26 Å². The lowest BCUT2D eigenvalue weighted by molar-refractivity contribution is -0.111. The first kappa shape index (κ1) is 13.4. The molecule has 1 fully saturated rings. The summed E-state index contributed by atoms with van der Waals surface area (Å²) in [6.45, 7) is 2.94. The Bertz CT molecular complexity index is 197. The van der Waals surface area contributed by atoms with Crippen molar-refractivity contribution in [1.29, 1.82) is 5.26 Å². The van der Waals surface area contributed by atoms with Crippen LogP contribution in [0.25, 0.3) is 0 Å². The fourth-order valence-corrected chi connectivity index (χ4v) is 1.60. The van der Waals surface area contributed by atoms with Gasteiger partial charge in [0, 0.05) is 26.2 Å². The van der Waals surface area contributed by atoms with Gasteiger partial charge in [0.25, 0.3) is 0 Å². The smallest absolute Gasteiger partial charge is 0.157 e. The van der Waals surface area contributed by atoms with Crippen LogP contribution in [0.2, 0.25) is 0 Å². The topological polar surface area (TPSA) is 51.5 Å². The summed E-state index contributed by atoms with van der Waals surface area (Å²) < 4.78 is 16.2. The Hall–Kier alpha value is -0.630. The normalized spacial score (nSPS) is 19.8. The van der Waals surface area contributed by atoms with Crippen molar-refractivity contribution < 1.29 is 14.2 Å². The van der Waals surface area contributed by atoms with Gasteiger partial charge in [-0.3, -0.25) is 0 Å². The van der Waals surface area contributed by atoms with Crippen molar-refractivity contribution in [3.05, 3.63) is 0 Å². The maximum Gasteiger partial charge on any atom is 0.157 e. The van der Waals surface area contributed by atoms with Crippen molar-refractivity contribution in [2.75, 3.05) is 26.4 Å². The van der Waals surface area contributed by atoms with Crippen molar-refractivity contribution >= 4 is 0 Å². The van der Waals surface area contributed by atoms with Crippen molar-refractivity contribution in [2.45, 2.75) is 44.8 Å². The zero-order chi connectivity index (χ0) is 11.5. The number of ether oxygens (including phenoxy) is 3. The highest BCUT2D eigenvalue weighted by atomic mass is 16.7. The van der Waals surface area contributed by atoms with Gasteiger partial charge in [-0.05, 0) is 25.7 Å². The first-order valence-corrected chi connectivity index (χ1v) is 6.11. The fraction of sp³-hybridized carbons (Fsp3) is 0.917. The Balaban J connectivity index is 1.73. The van der Waals surface area contributed by atoms with Crippen LogP contribution in [0.4, 0.5) is 0 Å². The Labute approximate surface area is 97.5 Å². The molecule has 1 aliphatic rings. The SMILES string of the molecule is N#CCCOCCCCCOC1CCCO1. The molecule has 0 aliphatic carbocycles. The van der Waals surface area contributed by atoms with Crippen molar-refractivity contribution in [2.24, 2.45) is 0 Å². The van der Waals surface area contributed by atoms with Gasteiger partial charge < -0.3 is 14.2 Å². The van der Waals surface area contributed by atoms with Gasteiger partial charge in [0.1, 0.15) is 0 Å². The van der Waals surface area contributed by atoms with E-state index in [4.69, 9.17) is 19.5 Å². The van der Waals surface area contributed by atoms with E-state index in [2.05, 4.69) is 6.07 Å². The molecule has 1 unspecified atom stereocenters. The van der Waals surface area contributed by atoms with Crippen molar-refractivity contribution in [3.8, 4) is 6.07 Å². The lowest BCUT2D eigenvalue weighted by Crippen LogP contribution is -2.11. The molecule has 16 heavy (non-hydrogen) atoms. The van der Waals surface area contributed by atoms with Gasteiger partial charge in [-0.25, -0.2) is 0 Å². The molecule has 0 radical (unpaired) electrons. The molecule has 0 bridgehead atoms. The van der Waals surface area contributed by atoms with Crippen LogP contribution in [0.3, 0.4) is 0 Å². The Morgan fingerprint density at radius 1 is 1.19 bits per heavy atom. The van der Waals surface area contributed by atoms with Gasteiger partial charge in [-0.15, -0.1) is 0 Å². The highest BCUT2D eigenvalue weighted by molar-refractivity contribution is 4.66. The molecule has 1 saturated heterocycles. The van der Waals surface area contributed by atoms with Gasteiger partial charge in [0.2, 0.25) is 0 Å². The minimum atomic E-state index is 0.0480. The number of hydrogen-bond acceptors (Lipinski definition) is 4. The lowest BCUT2D eigenvalue weighted by atomic mass is 10.2. The van der Waals surface area contributed by atoms with Gasteiger partial charge in [-0.1, -0.05) is 0 Å². The molecule has 4 nitrogen and oxygen atoms in total. The monoisotopic (exact) mass is 227 g/mol. The van der Waals surface area contributed by atoms with Gasteiger partial charge >= 0.3 is 0 Å². The molecule has 0 saturated carbocycles. The maximum atomic E-state index is 8.28. The van der Waals surface area contributed by atoms with E-state index in [0.717, 1.165) is 51.9 Å². The summed E-state index contributed by atoms with van der Waals surface area (Å²) >= 11 is 0. The average Bonchev–Trinajstić information content (AvgIpc) is 2.80. The number of rotatable bonds is 9. The zero-order valence-corrected chi connectivity index (χ0v) is 9.82. The number of nitrogens with zero attached hydrogens (tertiary/aromatic N) is 1. The zero-order valence-electron chi connectivity index (χ0n) is 9.82. The predicted octanol–water partition coefficient (Wildman–Crippen LogP) is 2.24. The predicted molar refractivity (Wildman–Crippen MR) is 59.8 cm³/mol. The molecule has 4 heteroatoms. The lowest BCUT2D eigenvalue weighted by Gasteiger charge is -2.10. The van der Waals surface area contributed by atoms with Crippen molar-refractivity contribution in [1.82, 2.24) is 0 Å². The third-order valence-corrected chi connectivity index (χ3v) is 2.48. The van der Waals surface area contributed by atoms with Gasteiger partial charge in [0.05, 0.1) is 19.1 Å². The molecule has 1 atom stereocenters. The van der Waals surface area contributed by atoms with Crippen LogP contribution >= 0.6 is 0 Å². The number of hydrogen-bond donors (Lipinski definition) is 0. The molecule has 0 aromatic rings. The standard InChI is InChI=1S/C12H21NO3/c13-7-5-9-14-8-2-1-3-10-15-12-6-4-11-16-12/h12H,1-6,8-11H2. The Morgan fingerprint density at radius 3 is 2.81 bits per heavy atom. The Kier molecular flexibility index (Phi) is 8.05. The number of nitriles is 1. The Morgan fingerprint density at radius 2 is 2.06 bits per heavy atom. The molecule has 0 N–H and O–H groups in total. The van der Waals surface area contributed by atoms with Crippen LogP contribution in [0, 0.1) is 11.3 Å². The summed E-state index contributed by atoms with van der Waals surface area (Å²) in [6.07, 6.45) is 5.91. The summed E-state index contributed by atoms with van der Waals surface area (Å²) in [6, 6.07) is 2.05. The molecule has 0 spiro atoms. The van der Waals surface area contributed by atoms with E-state index >= 15 is 0 Å². The first-order valence-electron chi connectivity index (χ1n) is 6.11. The summed E-state index contributed by atoms with van der Waals surface area (Å²) in [5, 5.41) is 8.28. The molecular formula is C12H21NO3. The molecule has 0 aromatic carbocycles. The minimum Gasteiger partial charge on any atom is -0.380 e. The minimum absolute atomic E-state index is 0.0480. The van der Waals surface area contributed by atoms with E-state index in [1.807, 2.05) is 0 Å². The van der Waals surface area contributed by atoms with Crippen LogP contribution in [-0.2, 0) is 14.2 Å². The maximum absolute atomic E-state index is 8.28. The second kappa shape index (κ2) is 9.59. The average molecular weight is 227 g/mol. The van der Waals surface area contributed by atoms with Crippen LogP contribution in [0.5, 0.6) is 0 Å². The summed E-state index contributed by atoms with van der Waals surface area (Å²) in [5.41, 5.74) is 0. The quantitative estimate of drug-likeness (QED) is 0.567. The molecular weight excluding hydrogens is 206 g/mol. The third kappa shape index (κ3) is 6.78. The van der Waals surface area contributed by atoms with E-state index in [1.54, 1.807) is 0 Å². The third-order valence-electron chi connectivity index (χ3n) is 2.48.